The second-order valence-electron chi connectivity index (χ2n) is 6.90. The van der Waals surface area contributed by atoms with Gasteiger partial charge in [0.15, 0.2) is 0 Å². The molecule has 0 fully saturated rings. The first kappa shape index (κ1) is 31.4. The van der Waals surface area contributed by atoms with E-state index in [0.717, 1.165) is 0 Å². The molecule has 3 rings (SSSR count). The Kier molecular flexibility index (Phi) is 20.7. The van der Waals surface area contributed by atoms with Crippen molar-refractivity contribution in [3.63, 3.8) is 0 Å². The average Bonchev–Trinajstić information content (AvgIpc) is 3.15. The molecular weight excluding hydrogens is 466 g/mol. The molecule has 0 saturated heterocycles. The first-order valence-electron chi connectivity index (χ1n) is 8.71. The Hall–Kier alpha value is -0.270. The first-order valence-corrected chi connectivity index (χ1v) is 14.9. The van der Waals surface area contributed by atoms with E-state index in [1.54, 1.807) is 23.3 Å². The summed E-state index contributed by atoms with van der Waals surface area (Å²) in [6.07, 6.45) is 0. The van der Waals surface area contributed by atoms with Crippen molar-refractivity contribution in [1.82, 2.24) is 0 Å². The largest absolute Gasteiger partial charge is 0.208 e. The Bertz CT molecular complexity index is 591. The zero-order valence-corrected chi connectivity index (χ0v) is 23.1. The van der Waals surface area contributed by atoms with Crippen LogP contribution in [0.25, 0.3) is 0 Å². The fourth-order valence-corrected chi connectivity index (χ4v) is 2.15. The average molecular weight is 502 g/mol. The van der Waals surface area contributed by atoms with Crippen LogP contribution in [0.3, 0.4) is 0 Å². The van der Waals surface area contributed by atoms with E-state index < -0.39 is 0 Å². The van der Waals surface area contributed by atoms with Crippen molar-refractivity contribution in [3.8, 4) is 0 Å². The Balaban J connectivity index is -0.000000283. The maximum absolute atomic E-state index is 2.31. The fourth-order valence-electron chi connectivity index (χ4n) is 2.15. The van der Waals surface area contributed by atoms with E-state index in [9.17, 15) is 0 Å². The molecule has 0 bridgehead atoms. The quantitative estimate of drug-likeness (QED) is 0.219. The summed E-state index contributed by atoms with van der Waals surface area (Å²) in [5, 5.41) is 0. The van der Waals surface area contributed by atoms with Crippen LogP contribution in [-0.2, 0) is 23.3 Å². The van der Waals surface area contributed by atoms with E-state index in [1.165, 1.54) is 33.4 Å². The van der Waals surface area contributed by atoms with Gasteiger partial charge in [0.05, 0.1) is 0 Å². The van der Waals surface area contributed by atoms with E-state index in [2.05, 4.69) is 109 Å². The minimum absolute atomic E-state index is 0. The van der Waals surface area contributed by atoms with Gasteiger partial charge in [-0.15, -0.1) is 24.8 Å². The van der Waals surface area contributed by atoms with E-state index >= 15 is 0 Å². The van der Waals surface area contributed by atoms with Gasteiger partial charge in [-0.05, 0) is 0 Å². The third-order valence-corrected chi connectivity index (χ3v) is 3.19. The van der Waals surface area contributed by atoms with Gasteiger partial charge in [0.1, 0.15) is 0 Å². The fraction of sp³-hybridized carbons (Fsp3) is 0.348. The molecule has 152 valence electrons. The second kappa shape index (κ2) is 17.8. The zero-order valence-electron chi connectivity index (χ0n) is 18.0. The van der Waals surface area contributed by atoms with Crippen LogP contribution in [0, 0.1) is 41.5 Å². The third kappa shape index (κ3) is 20.3. The summed E-state index contributed by atoms with van der Waals surface area (Å²) in [5.74, 6) is 0. The summed E-state index contributed by atoms with van der Waals surface area (Å²) in [6.45, 7) is 17.2. The Morgan fingerprint density at radius 1 is 0.593 bits per heavy atom. The van der Waals surface area contributed by atoms with Crippen molar-refractivity contribution in [1.29, 1.82) is 0 Å². The van der Waals surface area contributed by atoms with Gasteiger partial charge in [-0.2, -0.15) is 53.1 Å². The Morgan fingerprint density at radius 2 is 0.778 bits per heavy atom. The Labute approximate surface area is 195 Å². The van der Waals surface area contributed by atoms with Crippen LogP contribution in [0.5, 0.6) is 0 Å². The van der Waals surface area contributed by atoms with Crippen LogP contribution >= 0.6 is 24.8 Å². The molecule has 0 aliphatic heterocycles. The molecular formula is C23H35Cl2SiZr-3. The van der Waals surface area contributed by atoms with Crippen LogP contribution in [-0.4, -0.2) is 5.43 Å². The summed E-state index contributed by atoms with van der Waals surface area (Å²) in [4.78, 5) is 0. The molecule has 4 heteroatoms. The van der Waals surface area contributed by atoms with Crippen molar-refractivity contribution in [2.45, 2.75) is 54.6 Å². The minimum atomic E-state index is 0. The van der Waals surface area contributed by atoms with E-state index in [1.807, 2.05) is 0 Å². The van der Waals surface area contributed by atoms with Crippen LogP contribution < -0.4 is 0 Å². The molecule has 0 amide bonds. The molecule has 0 N–H and O–H groups in total. The van der Waals surface area contributed by atoms with Crippen molar-refractivity contribution in [2.75, 3.05) is 0 Å². The maximum atomic E-state index is 2.31. The van der Waals surface area contributed by atoms with Gasteiger partial charge >= 0.3 is 41.9 Å². The van der Waals surface area contributed by atoms with Gasteiger partial charge < -0.3 is 0 Å². The third-order valence-electron chi connectivity index (χ3n) is 3.19. The summed E-state index contributed by atoms with van der Waals surface area (Å²) in [5.41, 5.74) is 8.36. The monoisotopic (exact) mass is 499 g/mol. The van der Waals surface area contributed by atoms with E-state index in [4.69, 9.17) is 0 Å². The van der Waals surface area contributed by atoms with Crippen molar-refractivity contribution in [3.05, 3.63) is 88.0 Å². The van der Waals surface area contributed by atoms with Crippen molar-refractivity contribution < 1.29 is 23.3 Å². The second-order valence-corrected chi connectivity index (χ2v) is 16.3. The number of aryl methyl sites for hydroxylation is 6. The van der Waals surface area contributed by atoms with Gasteiger partial charge in [0.25, 0.3) is 0 Å². The molecule has 3 aromatic carbocycles. The topological polar surface area (TPSA) is 0 Å². The molecule has 0 spiro atoms. The summed E-state index contributed by atoms with van der Waals surface area (Å²) < 4.78 is 0. The first-order chi connectivity index (χ1) is 11.6. The van der Waals surface area contributed by atoms with Crippen LogP contribution in [0.2, 0.25) is 13.1 Å². The summed E-state index contributed by atoms with van der Waals surface area (Å²) in [6, 6.07) is 19.2. The smallest absolute Gasteiger partial charge is 0.0635 e. The predicted molar refractivity (Wildman–Crippen MR) is 127 cm³/mol. The van der Waals surface area contributed by atoms with E-state index in [0.29, 0.717) is 0 Å². The zero-order chi connectivity index (χ0) is 19.4. The summed E-state index contributed by atoms with van der Waals surface area (Å²) >= 11 is 1.74. The number of rotatable bonds is 0. The maximum Gasteiger partial charge on any atom is -0.0635 e. The molecule has 0 atom stereocenters. The molecule has 0 radical (unpaired) electrons. The number of halogens is 2. The SMILES string of the molecule is C[Si](C)=[Zr].Cc1c[cH-]c(C)c1.Cc1c[cH-]c(C)c1.Cc1c[cH-]c(C)c1.Cl.Cl. The van der Waals surface area contributed by atoms with Gasteiger partial charge in [-0.1, -0.05) is 41.5 Å². The van der Waals surface area contributed by atoms with Gasteiger partial charge in [0.2, 0.25) is 0 Å². The molecule has 0 aliphatic rings. The standard InChI is InChI=1S/3C7H9.C2H6Si.2ClH.Zr/c3*1-6-3-4-7(2)5-6;1-3-2;;;/h3*3-5H,1-2H3;1-2H3;2*1H;/q3*-1;;;;. The molecule has 0 nitrogen and oxygen atoms in total. The van der Waals surface area contributed by atoms with Gasteiger partial charge in [-0.3, -0.25) is 0 Å². The van der Waals surface area contributed by atoms with Crippen molar-refractivity contribution >= 4 is 30.2 Å². The molecule has 0 aliphatic carbocycles. The van der Waals surface area contributed by atoms with Gasteiger partial charge in [-0.25, -0.2) is 34.9 Å². The molecule has 27 heavy (non-hydrogen) atoms. The number of hydrogen-bond acceptors (Lipinski definition) is 0. The van der Waals surface area contributed by atoms with E-state index in [-0.39, 0.29) is 30.2 Å². The molecule has 0 saturated carbocycles. The molecule has 3 aromatic rings. The summed E-state index contributed by atoms with van der Waals surface area (Å²) in [7, 11) is 0. The molecule has 0 heterocycles. The van der Waals surface area contributed by atoms with Crippen LogP contribution in [0.1, 0.15) is 33.4 Å². The molecule has 0 aromatic heterocycles. The minimum Gasteiger partial charge on any atom is -0.208 e. The molecule has 0 unspecified atom stereocenters. The Morgan fingerprint density at radius 3 is 0.815 bits per heavy atom. The van der Waals surface area contributed by atoms with Crippen LogP contribution in [0.15, 0.2) is 54.6 Å². The normalized spacial score (nSPS) is 8.26. The van der Waals surface area contributed by atoms with Crippen molar-refractivity contribution in [2.24, 2.45) is 0 Å². The predicted octanol–water partition coefficient (Wildman–Crippen LogP) is 7.69. The van der Waals surface area contributed by atoms with Gasteiger partial charge in [0, 0.05) is 0 Å². The van der Waals surface area contributed by atoms with Crippen LogP contribution in [0.4, 0.5) is 0 Å². The number of hydrogen-bond donors (Lipinski definition) is 0.